The minimum atomic E-state index is -0.407. The number of hydrogen-bond donors (Lipinski definition) is 2. The van der Waals surface area contributed by atoms with E-state index in [-0.39, 0.29) is 17.5 Å². The van der Waals surface area contributed by atoms with Crippen LogP contribution in [-0.2, 0) is 11.1 Å². The lowest BCUT2D eigenvalue weighted by Gasteiger charge is -2.38. The summed E-state index contributed by atoms with van der Waals surface area (Å²) >= 11 is 0. The van der Waals surface area contributed by atoms with E-state index >= 15 is 0 Å². The molecule has 0 fully saturated rings. The normalized spacial score (nSPS) is 17.5. The number of nitrogens with one attached hydrogen (secondary N) is 2. The highest BCUT2D eigenvalue weighted by molar-refractivity contribution is 5.99. The third-order valence-electron chi connectivity index (χ3n) is 6.69. The molecule has 2 heterocycles. The number of carbonyl (C=O) groups excluding carboxylic acids is 1. The molecule has 31 heavy (non-hydrogen) atoms. The monoisotopic (exact) mass is 416 g/mol. The van der Waals surface area contributed by atoms with Gasteiger partial charge in [-0.25, -0.2) is 4.68 Å². The summed E-state index contributed by atoms with van der Waals surface area (Å²) in [6.45, 7) is 8.59. The minimum Gasteiger partial charge on any atom is -0.363 e. The van der Waals surface area contributed by atoms with Gasteiger partial charge in [0.1, 0.15) is 11.4 Å². The average molecular weight is 417 g/mol. The van der Waals surface area contributed by atoms with Crippen molar-refractivity contribution in [2.75, 3.05) is 5.32 Å². The average Bonchev–Trinajstić information content (AvgIpc) is 3.24. The third kappa shape index (κ3) is 3.85. The van der Waals surface area contributed by atoms with E-state index in [1.165, 1.54) is 5.56 Å². The first-order valence-corrected chi connectivity index (χ1v) is 11.2. The molecule has 2 N–H and O–H groups in total. The van der Waals surface area contributed by atoms with Crippen LogP contribution in [0.25, 0.3) is 0 Å². The van der Waals surface area contributed by atoms with Gasteiger partial charge in [0.05, 0.1) is 23.3 Å². The molecule has 5 heteroatoms. The van der Waals surface area contributed by atoms with Gasteiger partial charge in [0.15, 0.2) is 0 Å². The highest BCUT2D eigenvalue weighted by Gasteiger charge is 2.38. The fraction of sp³-hybridized carbons (Fsp3) is 0.385. The molecule has 0 aliphatic carbocycles. The zero-order chi connectivity index (χ0) is 22.1. The van der Waals surface area contributed by atoms with Crippen molar-refractivity contribution in [1.82, 2.24) is 15.1 Å². The summed E-state index contributed by atoms with van der Waals surface area (Å²) in [7, 11) is 0. The van der Waals surface area contributed by atoms with Gasteiger partial charge in [-0.2, -0.15) is 5.10 Å². The standard InChI is InChI=1S/C26H32N4O/c1-5-26(6-2,20-15-11-8-12-16-20)29-24(31)21-18-27-30-23(21)28-22(17-25(30,3)4)19-13-9-7-10-14-19/h7-16,18,22,28H,5-6,17H2,1-4H3,(H,29,31). The predicted octanol–water partition coefficient (Wildman–Crippen LogP) is 5.62. The summed E-state index contributed by atoms with van der Waals surface area (Å²) in [5, 5.41) is 11.6. The number of nitrogens with zero attached hydrogens (tertiary/aromatic N) is 2. The Balaban J connectivity index is 1.68. The lowest BCUT2D eigenvalue weighted by molar-refractivity contribution is 0.0890. The molecular formula is C26H32N4O. The van der Waals surface area contributed by atoms with Gasteiger partial charge in [0.25, 0.3) is 5.91 Å². The van der Waals surface area contributed by atoms with Crippen molar-refractivity contribution in [3.63, 3.8) is 0 Å². The second-order valence-electron chi connectivity index (χ2n) is 9.05. The number of rotatable bonds is 6. The highest BCUT2D eigenvalue weighted by atomic mass is 16.1. The van der Waals surface area contributed by atoms with Crippen molar-refractivity contribution >= 4 is 11.7 Å². The van der Waals surface area contributed by atoms with Gasteiger partial charge in [-0.05, 0) is 44.2 Å². The van der Waals surface area contributed by atoms with Crippen molar-refractivity contribution in [3.05, 3.63) is 83.6 Å². The molecule has 3 aromatic rings. The topological polar surface area (TPSA) is 59.0 Å². The largest absolute Gasteiger partial charge is 0.363 e. The molecule has 2 aromatic carbocycles. The third-order valence-corrected chi connectivity index (χ3v) is 6.69. The summed E-state index contributed by atoms with van der Waals surface area (Å²) in [4.78, 5) is 13.5. The van der Waals surface area contributed by atoms with Crippen LogP contribution < -0.4 is 10.6 Å². The Morgan fingerprint density at radius 3 is 2.32 bits per heavy atom. The summed E-state index contributed by atoms with van der Waals surface area (Å²) in [6.07, 6.45) is 4.22. The van der Waals surface area contributed by atoms with Crippen LogP contribution in [0.4, 0.5) is 5.82 Å². The van der Waals surface area contributed by atoms with E-state index in [1.807, 2.05) is 28.9 Å². The SMILES string of the molecule is CCC(CC)(NC(=O)c1cnn2c1NC(c1ccccc1)CC2(C)C)c1ccccc1. The van der Waals surface area contributed by atoms with Crippen molar-refractivity contribution in [1.29, 1.82) is 0 Å². The van der Waals surface area contributed by atoms with Gasteiger partial charge in [-0.3, -0.25) is 4.79 Å². The van der Waals surface area contributed by atoms with Crippen LogP contribution in [0, 0.1) is 0 Å². The van der Waals surface area contributed by atoms with Gasteiger partial charge in [-0.1, -0.05) is 74.5 Å². The number of fused-ring (bicyclic) bond motifs is 1. The van der Waals surface area contributed by atoms with Crippen molar-refractivity contribution in [2.24, 2.45) is 0 Å². The molecule has 1 amide bonds. The number of hydrogen-bond acceptors (Lipinski definition) is 3. The Hall–Kier alpha value is -3.08. The van der Waals surface area contributed by atoms with Crippen molar-refractivity contribution in [2.45, 2.75) is 64.1 Å². The zero-order valence-electron chi connectivity index (χ0n) is 18.9. The summed E-state index contributed by atoms with van der Waals surface area (Å²) in [5.41, 5.74) is 2.33. The van der Waals surface area contributed by atoms with Crippen LogP contribution in [-0.4, -0.2) is 15.7 Å². The molecule has 0 radical (unpaired) electrons. The van der Waals surface area contributed by atoms with E-state index < -0.39 is 5.54 Å². The van der Waals surface area contributed by atoms with Crippen LogP contribution >= 0.6 is 0 Å². The quantitative estimate of drug-likeness (QED) is 0.548. The molecule has 0 saturated carbocycles. The van der Waals surface area contributed by atoms with E-state index in [4.69, 9.17) is 0 Å². The Bertz CT molecular complexity index is 1040. The molecule has 1 atom stereocenters. The first-order valence-electron chi connectivity index (χ1n) is 11.2. The van der Waals surface area contributed by atoms with Crippen LogP contribution in [0.1, 0.15) is 74.5 Å². The summed E-state index contributed by atoms with van der Waals surface area (Å²) in [6, 6.07) is 20.8. The van der Waals surface area contributed by atoms with E-state index in [1.54, 1.807) is 6.20 Å². The number of aromatic nitrogens is 2. The molecule has 0 spiro atoms. The second kappa shape index (κ2) is 8.22. The molecule has 5 nitrogen and oxygen atoms in total. The van der Waals surface area contributed by atoms with E-state index in [9.17, 15) is 4.79 Å². The lowest BCUT2D eigenvalue weighted by atomic mass is 9.84. The maximum Gasteiger partial charge on any atom is 0.257 e. The molecule has 0 saturated heterocycles. The van der Waals surface area contributed by atoms with Crippen LogP contribution in [0.2, 0.25) is 0 Å². The summed E-state index contributed by atoms with van der Waals surface area (Å²) < 4.78 is 1.96. The Morgan fingerprint density at radius 1 is 1.10 bits per heavy atom. The number of benzene rings is 2. The van der Waals surface area contributed by atoms with Gasteiger partial charge in [0.2, 0.25) is 0 Å². The molecule has 162 valence electrons. The number of carbonyl (C=O) groups is 1. The van der Waals surface area contributed by atoms with Gasteiger partial charge >= 0.3 is 0 Å². The van der Waals surface area contributed by atoms with Crippen molar-refractivity contribution in [3.8, 4) is 0 Å². The molecule has 1 aliphatic rings. The molecule has 1 unspecified atom stereocenters. The Kier molecular flexibility index (Phi) is 5.61. The smallest absolute Gasteiger partial charge is 0.257 e. The van der Waals surface area contributed by atoms with Gasteiger partial charge in [0, 0.05) is 0 Å². The Morgan fingerprint density at radius 2 is 1.71 bits per heavy atom. The molecule has 1 aliphatic heterocycles. The molecule has 4 rings (SSSR count). The van der Waals surface area contributed by atoms with Crippen LogP contribution in [0.5, 0.6) is 0 Å². The molecule has 0 bridgehead atoms. The fourth-order valence-corrected chi connectivity index (χ4v) is 4.75. The fourth-order valence-electron chi connectivity index (χ4n) is 4.75. The number of amides is 1. The van der Waals surface area contributed by atoms with E-state index in [2.05, 4.69) is 79.8 Å². The summed E-state index contributed by atoms with van der Waals surface area (Å²) in [5.74, 6) is 0.697. The Labute approximate surface area is 184 Å². The first kappa shape index (κ1) is 21.2. The molecular weight excluding hydrogens is 384 g/mol. The zero-order valence-corrected chi connectivity index (χ0v) is 18.9. The highest BCUT2D eigenvalue weighted by Crippen LogP contribution is 2.40. The van der Waals surface area contributed by atoms with Crippen LogP contribution in [0.15, 0.2) is 66.9 Å². The maximum atomic E-state index is 13.5. The van der Waals surface area contributed by atoms with E-state index in [0.29, 0.717) is 5.56 Å². The minimum absolute atomic E-state index is 0.0918. The predicted molar refractivity (Wildman–Crippen MR) is 125 cm³/mol. The lowest BCUT2D eigenvalue weighted by Crippen LogP contribution is -2.45. The van der Waals surface area contributed by atoms with Crippen molar-refractivity contribution < 1.29 is 4.79 Å². The van der Waals surface area contributed by atoms with E-state index in [0.717, 1.165) is 30.6 Å². The van der Waals surface area contributed by atoms with Crippen LogP contribution in [0.3, 0.4) is 0 Å². The first-order chi connectivity index (χ1) is 14.9. The number of anilines is 1. The molecule has 1 aromatic heterocycles. The second-order valence-corrected chi connectivity index (χ2v) is 9.05. The van der Waals surface area contributed by atoms with Gasteiger partial charge < -0.3 is 10.6 Å². The maximum absolute atomic E-state index is 13.5. The van der Waals surface area contributed by atoms with Gasteiger partial charge in [-0.15, -0.1) is 0 Å².